The van der Waals surface area contributed by atoms with Gasteiger partial charge in [0.2, 0.25) is 0 Å². The third-order valence-electron chi connectivity index (χ3n) is 2.25. The minimum Gasteiger partial charge on any atom is -0.479 e. The topological polar surface area (TPSA) is 55.8 Å². The van der Waals surface area contributed by atoms with Crippen LogP contribution in [0.15, 0.2) is 0 Å². The second-order valence-electron chi connectivity index (χ2n) is 3.22. The van der Waals surface area contributed by atoms with Crippen molar-refractivity contribution in [3.8, 4) is 0 Å². The van der Waals surface area contributed by atoms with E-state index in [1.165, 1.54) is 6.42 Å². The zero-order valence-corrected chi connectivity index (χ0v) is 7.96. The summed E-state index contributed by atoms with van der Waals surface area (Å²) in [4.78, 5) is 10.6. The Hall–Kier alpha value is -0.260. The maximum absolute atomic E-state index is 10.6. The molecule has 2 fully saturated rings. The summed E-state index contributed by atoms with van der Waals surface area (Å²) >= 11 is 1.81. The summed E-state index contributed by atoms with van der Waals surface area (Å²) in [7, 11) is 0. The molecule has 0 spiro atoms. The summed E-state index contributed by atoms with van der Waals surface area (Å²) in [6.45, 7) is 0.192. The SMILES string of the molecule is O=C(O)C1COC(C2CCCS2)O1. The third kappa shape index (κ3) is 1.98. The van der Waals surface area contributed by atoms with Gasteiger partial charge in [0.25, 0.3) is 0 Å². The van der Waals surface area contributed by atoms with Gasteiger partial charge >= 0.3 is 5.97 Å². The monoisotopic (exact) mass is 204 g/mol. The van der Waals surface area contributed by atoms with Crippen molar-refractivity contribution in [1.29, 1.82) is 0 Å². The quantitative estimate of drug-likeness (QED) is 0.717. The fourth-order valence-corrected chi connectivity index (χ4v) is 2.83. The van der Waals surface area contributed by atoms with E-state index in [4.69, 9.17) is 14.6 Å². The molecule has 0 saturated carbocycles. The first-order valence-electron chi connectivity index (χ1n) is 4.39. The minimum absolute atomic E-state index is 0.192. The van der Waals surface area contributed by atoms with Crippen LogP contribution in [0.4, 0.5) is 0 Å². The van der Waals surface area contributed by atoms with Crippen LogP contribution >= 0.6 is 11.8 Å². The average Bonchev–Trinajstić information content (AvgIpc) is 2.75. The Morgan fingerprint density at radius 2 is 2.38 bits per heavy atom. The van der Waals surface area contributed by atoms with Crippen molar-refractivity contribution in [1.82, 2.24) is 0 Å². The minimum atomic E-state index is -0.925. The van der Waals surface area contributed by atoms with Crippen LogP contribution in [-0.2, 0) is 14.3 Å². The van der Waals surface area contributed by atoms with Crippen LogP contribution in [0.2, 0.25) is 0 Å². The molecule has 2 saturated heterocycles. The fraction of sp³-hybridized carbons (Fsp3) is 0.875. The Morgan fingerprint density at radius 3 is 2.92 bits per heavy atom. The molecule has 0 aromatic carbocycles. The molecule has 0 aliphatic carbocycles. The molecule has 2 aliphatic rings. The molecule has 13 heavy (non-hydrogen) atoms. The Bertz CT molecular complexity index is 202. The van der Waals surface area contributed by atoms with E-state index in [2.05, 4.69) is 0 Å². The van der Waals surface area contributed by atoms with Crippen LogP contribution in [0.25, 0.3) is 0 Å². The van der Waals surface area contributed by atoms with Gasteiger partial charge in [0.15, 0.2) is 12.4 Å². The molecule has 3 unspecified atom stereocenters. The van der Waals surface area contributed by atoms with E-state index < -0.39 is 12.1 Å². The molecule has 5 heteroatoms. The van der Waals surface area contributed by atoms with E-state index in [0.717, 1.165) is 12.2 Å². The lowest BCUT2D eigenvalue weighted by Gasteiger charge is -2.15. The standard InChI is InChI=1S/C8H12O4S/c9-7(10)5-4-11-8(12-5)6-2-1-3-13-6/h5-6,8H,1-4H2,(H,9,10). The molecule has 1 N–H and O–H groups in total. The number of carboxylic acid groups (broad SMARTS) is 1. The van der Waals surface area contributed by atoms with E-state index in [0.29, 0.717) is 5.25 Å². The highest BCUT2D eigenvalue weighted by molar-refractivity contribution is 8.00. The maximum Gasteiger partial charge on any atom is 0.335 e. The van der Waals surface area contributed by atoms with Crippen LogP contribution in [-0.4, -0.2) is 41.1 Å². The second-order valence-corrected chi connectivity index (χ2v) is 4.56. The van der Waals surface area contributed by atoms with Gasteiger partial charge < -0.3 is 14.6 Å². The van der Waals surface area contributed by atoms with Crippen LogP contribution in [0.1, 0.15) is 12.8 Å². The van der Waals surface area contributed by atoms with Crippen molar-refractivity contribution in [3.05, 3.63) is 0 Å². The molecular formula is C8H12O4S. The highest BCUT2D eigenvalue weighted by atomic mass is 32.2. The van der Waals surface area contributed by atoms with Gasteiger partial charge in [0, 0.05) is 0 Å². The lowest BCUT2D eigenvalue weighted by atomic mass is 10.2. The lowest BCUT2D eigenvalue weighted by Crippen LogP contribution is -2.26. The number of rotatable bonds is 2. The smallest absolute Gasteiger partial charge is 0.335 e. The maximum atomic E-state index is 10.6. The Balaban J connectivity index is 1.86. The molecule has 2 heterocycles. The number of hydrogen-bond donors (Lipinski definition) is 1. The first-order valence-corrected chi connectivity index (χ1v) is 5.44. The molecule has 0 amide bonds. The van der Waals surface area contributed by atoms with E-state index in [-0.39, 0.29) is 12.9 Å². The average molecular weight is 204 g/mol. The zero-order valence-electron chi connectivity index (χ0n) is 7.14. The third-order valence-corrected chi connectivity index (χ3v) is 3.66. The van der Waals surface area contributed by atoms with Crippen LogP contribution < -0.4 is 0 Å². The van der Waals surface area contributed by atoms with E-state index in [1.807, 2.05) is 11.8 Å². The Labute approximate surface area is 80.6 Å². The van der Waals surface area contributed by atoms with Crippen LogP contribution in [0.5, 0.6) is 0 Å². The van der Waals surface area contributed by atoms with Gasteiger partial charge in [-0.25, -0.2) is 4.79 Å². The van der Waals surface area contributed by atoms with Gasteiger partial charge in [0.1, 0.15) is 0 Å². The number of ether oxygens (including phenoxy) is 2. The van der Waals surface area contributed by atoms with Gasteiger partial charge in [-0.2, -0.15) is 11.8 Å². The first-order chi connectivity index (χ1) is 6.27. The number of carboxylic acids is 1. The van der Waals surface area contributed by atoms with Gasteiger partial charge in [0.05, 0.1) is 11.9 Å². The fourth-order valence-electron chi connectivity index (χ4n) is 1.56. The summed E-state index contributed by atoms with van der Waals surface area (Å²) < 4.78 is 10.6. The predicted octanol–water partition coefficient (Wildman–Crippen LogP) is 0.708. The van der Waals surface area contributed by atoms with Crippen molar-refractivity contribution in [2.45, 2.75) is 30.5 Å². The molecule has 3 atom stereocenters. The van der Waals surface area contributed by atoms with Crippen molar-refractivity contribution in [2.75, 3.05) is 12.4 Å². The predicted molar refractivity (Wildman–Crippen MR) is 47.7 cm³/mol. The molecular weight excluding hydrogens is 192 g/mol. The molecule has 0 bridgehead atoms. The Kier molecular flexibility index (Phi) is 2.76. The number of carbonyl (C=O) groups is 1. The zero-order chi connectivity index (χ0) is 9.26. The molecule has 0 radical (unpaired) electrons. The second kappa shape index (κ2) is 3.86. The van der Waals surface area contributed by atoms with Crippen molar-refractivity contribution >= 4 is 17.7 Å². The Morgan fingerprint density at radius 1 is 1.54 bits per heavy atom. The van der Waals surface area contributed by atoms with Crippen molar-refractivity contribution in [2.24, 2.45) is 0 Å². The van der Waals surface area contributed by atoms with Crippen molar-refractivity contribution in [3.63, 3.8) is 0 Å². The van der Waals surface area contributed by atoms with Gasteiger partial charge in [-0.15, -0.1) is 0 Å². The summed E-state index contributed by atoms with van der Waals surface area (Å²) in [5, 5.41) is 9.00. The lowest BCUT2D eigenvalue weighted by molar-refractivity contribution is -0.150. The van der Waals surface area contributed by atoms with E-state index in [1.54, 1.807) is 0 Å². The molecule has 2 aliphatic heterocycles. The number of aliphatic carboxylic acids is 1. The molecule has 0 aromatic heterocycles. The van der Waals surface area contributed by atoms with Gasteiger partial charge in [-0.05, 0) is 18.6 Å². The summed E-state index contributed by atoms with van der Waals surface area (Å²) in [5.41, 5.74) is 0. The highest BCUT2D eigenvalue weighted by Crippen LogP contribution is 2.33. The largest absolute Gasteiger partial charge is 0.479 e. The highest BCUT2D eigenvalue weighted by Gasteiger charge is 2.37. The molecule has 2 rings (SSSR count). The van der Waals surface area contributed by atoms with Crippen LogP contribution in [0, 0.1) is 0 Å². The summed E-state index contributed by atoms with van der Waals surface area (Å²) in [6.07, 6.45) is 1.19. The van der Waals surface area contributed by atoms with Gasteiger partial charge in [-0.1, -0.05) is 0 Å². The molecule has 4 nitrogen and oxygen atoms in total. The van der Waals surface area contributed by atoms with Gasteiger partial charge in [-0.3, -0.25) is 0 Å². The number of hydrogen-bond acceptors (Lipinski definition) is 4. The molecule has 74 valence electrons. The summed E-state index contributed by atoms with van der Waals surface area (Å²) in [5.74, 6) is 0.205. The van der Waals surface area contributed by atoms with Crippen molar-refractivity contribution < 1.29 is 19.4 Å². The molecule has 0 aromatic rings. The van der Waals surface area contributed by atoms with E-state index in [9.17, 15) is 4.79 Å². The van der Waals surface area contributed by atoms with Crippen LogP contribution in [0.3, 0.4) is 0 Å². The number of thioether (sulfide) groups is 1. The van der Waals surface area contributed by atoms with E-state index >= 15 is 0 Å². The normalized spacial score (nSPS) is 39.5. The first kappa shape index (κ1) is 9.30. The summed E-state index contributed by atoms with van der Waals surface area (Å²) in [6, 6.07) is 0.